The minimum absolute atomic E-state index is 0.0480. The Morgan fingerprint density at radius 1 is 0.589 bits per heavy atom. The highest BCUT2D eigenvalue weighted by molar-refractivity contribution is 7.46. The van der Waals surface area contributed by atoms with Crippen LogP contribution >= 0.6 is 7.82 Å². The van der Waals surface area contributed by atoms with Crippen molar-refractivity contribution in [2.24, 2.45) is 5.92 Å². The molecule has 326 valence electrons. The summed E-state index contributed by atoms with van der Waals surface area (Å²) >= 11 is 0. The lowest BCUT2D eigenvalue weighted by Gasteiger charge is -2.18. The summed E-state index contributed by atoms with van der Waals surface area (Å²) in [6.45, 7) is 5.78. The lowest BCUT2D eigenvalue weighted by Crippen LogP contribution is -2.29. The summed E-state index contributed by atoms with van der Waals surface area (Å²) in [5.74, 6) is -0.291. The van der Waals surface area contributed by atoms with Crippen LogP contribution in [0.4, 0.5) is 0 Å². The maximum atomic E-state index is 12.4. The molecule has 0 rings (SSSR count). The number of aliphatic hydroxyl groups is 2. The first-order valence-corrected chi connectivity index (χ1v) is 23.5. The molecule has 56 heavy (non-hydrogen) atoms. The van der Waals surface area contributed by atoms with Gasteiger partial charge in [0.05, 0.1) is 18.8 Å². The third-order valence-corrected chi connectivity index (χ3v) is 9.95. The zero-order valence-electron chi connectivity index (χ0n) is 35.4. The fraction of sp³-hybridized carbons (Fsp3) is 0.778. The minimum Gasteiger partial charge on any atom is -0.462 e. The summed E-state index contributed by atoms with van der Waals surface area (Å²) in [4.78, 5) is 42.9. The van der Waals surface area contributed by atoms with E-state index < -0.39 is 44.7 Å². The van der Waals surface area contributed by atoms with Crippen LogP contribution in [0.5, 0.6) is 0 Å². The molecule has 0 fully saturated rings. The quantitative estimate of drug-likeness (QED) is 0.0155. The molecule has 11 heteroatoms. The van der Waals surface area contributed by atoms with E-state index in [0.717, 1.165) is 31.6 Å². The first kappa shape index (κ1) is 53.9. The molecule has 0 bridgehead atoms. The van der Waals surface area contributed by atoms with Gasteiger partial charge in [-0.05, 0) is 44.4 Å². The third kappa shape index (κ3) is 41.6. The molecule has 0 unspecified atom stereocenters. The molecule has 0 radical (unpaired) electrons. The number of hydrogen-bond donors (Lipinski definition) is 4. The number of phosphoric ester groups is 1. The van der Waals surface area contributed by atoms with Gasteiger partial charge in [-0.15, -0.1) is 0 Å². The summed E-state index contributed by atoms with van der Waals surface area (Å²) in [5, 5.41) is 20.2. The Labute approximate surface area is 340 Å². The Bertz CT molecular complexity index is 1100. The van der Waals surface area contributed by atoms with Gasteiger partial charge in [0.2, 0.25) is 0 Å². The van der Waals surface area contributed by atoms with Crippen LogP contribution in [0.25, 0.3) is 0 Å². The number of aliphatic hydroxyl groups excluding tert-OH is 2. The van der Waals surface area contributed by atoms with E-state index in [1.54, 1.807) is 36.5 Å². The number of carbonyl (C=O) groups is 2. The molecule has 0 saturated heterocycles. The van der Waals surface area contributed by atoms with Crippen LogP contribution in [0.3, 0.4) is 0 Å². The van der Waals surface area contributed by atoms with Crippen molar-refractivity contribution in [2.45, 2.75) is 206 Å². The highest BCUT2D eigenvalue weighted by Gasteiger charge is 2.23. The smallest absolute Gasteiger partial charge is 0.462 e. The van der Waals surface area contributed by atoms with E-state index in [0.29, 0.717) is 19.3 Å². The molecule has 3 atom stereocenters. The Kier molecular flexibility index (Phi) is 37.0. The van der Waals surface area contributed by atoms with E-state index in [1.807, 2.05) is 6.08 Å². The van der Waals surface area contributed by atoms with Gasteiger partial charge in [0, 0.05) is 12.8 Å². The number of phosphoric acid groups is 1. The predicted octanol–water partition coefficient (Wildman–Crippen LogP) is 11.3. The molecule has 0 spiro atoms. The summed E-state index contributed by atoms with van der Waals surface area (Å²) < 4.78 is 26.3. The largest absolute Gasteiger partial charge is 0.469 e. The molecule has 0 amide bonds. The number of hydrogen-bond acceptors (Lipinski definition) is 8. The molecule has 10 nitrogen and oxygen atoms in total. The number of allylic oxidation sites excluding steroid dienone is 5. The van der Waals surface area contributed by atoms with Crippen molar-refractivity contribution in [3.8, 4) is 0 Å². The normalized spacial score (nSPS) is 14.1. The van der Waals surface area contributed by atoms with Gasteiger partial charge < -0.3 is 29.5 Å². The Hall–Kier alpha value is -2.07. The van der Waals surface area contributed by atoms with Crippen molar-refractivity contribution < 1.29 is 48.2 Å². The number of ether oxygens (including phenoxy) is 2. The first-order chi connectivity index (χ1) is 26.9. The van der Waals surface area contributed by atoms with Crippen molar-refractivity contribution >= 4 is 19.8 Å². The van der Waals surface area contributed by atoms with Crippen LogP contribution in [0.1, 0.15) is 188 Å². The van der Waals surface area contributed by atoms with Crippen molar-refractivity contribution in [2.75, 3.05) is 13.2 Å². The topological polar surface area (TPSA) is 160 Å². The van der Waals surface area contributed by atoms with Crippen LogP contribution in [0.15, 0.2) is 48.6 Å². The van der Waals surface area contributed by atoms with Gasteiger partial charge in [-0.2, -0.15) is 0 Å². The standard InChI is InChI=1S/C45H81O10P/c1-4-5-6-7-21-26-32-41(46)33-27-23-24-28-34-42(47)35-30-37-45(49)55-43(39-54-56(50,51)52)38-53-44(48)36-29-22-19-17-15-13-11-9-8-10-12-14-16-18-20-25-31-40(2)3/h21,23-24,26-28,33-34,40-43,46-47H,4-20,22,25,29-32,35-39H2,1-3H3,(H2,50,51,52)/b24-23+,26-21-,33-27+,34-28-/t41-,42-,43+/m0/s1. The lowest BCUT2D eigenvalue weighted by molar-refractivity contribution is -0.161. The molecule has 0 aromatic carbocycles. The molecular weight excluding hydrogens is 731 g/mol. The van der Waals surface area contributed by atoms with Gasteiger partial charge in [-0.3, -0.25) is 14.1 Å². The molecule has 0 aliphatic heterocycles. The van der Waals surface area contributed by atoms with Crippen molar-refractivity contribution in [1.29, 1.82) is 0 Å². The lowest BCUT2D eigenvalue weighted by atomic mass is 10.0. The van der Waals surface area contributed by atoms with Crippen LogP contribution < -0.4 is 0 Å². The molecule has 0 aromatic rings. The van der Waals surface area contributed by atoms with E-state index in [2.05, 4.69) is 31.4 Å². The Morgan fingerprint density at radius 2 is 1.11 bits per heavy atom. The molecule has 0 aromatic heterocycles. The molecule has 0 heterocycles. The van der Waals surface area contributed by atoms with Gasteiger partial charge in [0.25, 0.3) is 0 Å². The first-order valence-electron chi connectivity index (χ1n) is 22.0. The number of esters is 2. The number of rotatable bonds is 39. The second-order valence-corrected chi connectivity index (χ2v) is 16.8. The van der Waals surface area contributed by atoms with Gasteiger partial charge in [0.15, 0.2) is 6.10 Å². The zero-order chi connectivity index (χ0) is 41.5. The fourth-order valence-electron chi connectivity index (χ4n) is 6.11. The average molecular weight is 813 g/mol. The molecule has 0 saturated carbocycles. The van der Waals surface area contributed by atoms with E-state index in [-0.39, 0.29) is 25.9 Å². The molecule has 0 aliphatic rings. The van der Waals surface area contributed by atoms with Crippen LogP contribution in [-0.4, -0.2) is 63.5 Å². The fourth-order valence-corrected chi connectivity index (χ4v) is 6.47. The maximum absolute atomic E-state index is 12.4. The van der Waals surface area contributed by atoms with Crippen LogP contribution in [0, 0.1) is 5.92 Å². The van der Waals surface area contributed by atoms with Crippen LogP contribution in [-0.2, 0) is 28.2 Å². The summed E-state index contributed by atoms with van der Waals surface area (Å²) in [6.07, 6.45) is 38.9. The number of carbonyl (C=O) groups excluding carboxylic acids is 2. The molecule has 4 N–H and O–H groups in total. The van der Waals surface area contributed by atoms with Gasteiger partial charge in [-0.1, -0.05) is 185 Å². The van der Waals surface area contributed by atoms with Gasteiger partial charge >= 0.3 is 19.8 Å². The summed E-state index contributed by atoms with van der Waals surface area (Å²) in [5.41, 5.74) is 0. The molecular formula is C45H81O10P. The number of unbranched alkanes of at least 4 members (excludes halogenated alkanes) is 18. The van der Waals surface area contributed by atoms with E-state index >= 15 is 0 Å². The van der Waals surface area contributed by atoms with E-state index in [1.165, 1.54) is 103 Å². The molecule has 0 aliphatic carbocycles. The van der Waals surface area contributed by atoms with E-state index in [4.69, 9.17) is 19.3 Å². The van der Waals surface area contributed by atoms with Crippen LogP contribution in [0.2, 0.25) is 0 Å². The van der Waals surface area contributed by atoms with Crippen molar-refractivity contribution in [1.82, 2.24) is 0 Å². The average Bonchev–Trinajstić information content (AvgIpc) is 3.14. The second-order valence-electron chi connectivity index (χ2n) is 15.6. The second kappa shape index (κ2) is 38.4. The Morgan fingerprint density at radius 3 is 1.64 bits per heavy atom. The van der Waals surface area contributed by atoms with Crippen molar-refractivity contribution in [3.63, 3.8) is 0 Å². The van der Waals surface area contributed by atoms with E-state index in [9.17, 15) is 24.4 Å². The highest BCUT2D eigenvalue weighted by Crippen LogP contribution is 2.36. The SMILES string of the molecule is CCCCC/C=C\C[C@H](O)/C=C/C=C/C=C\[C@H](O)CCCC(=O)O[C@H](COC(=O)CCCCCCCCCCCCCCCCCCC(C)C)COP(=O)(O)O. The van der Waals surface area contributed by atoms with Gasteiger partial charge in [-0.25, -0.2) is 4.57 Å². The Balaban J connectivity index is 4.12. The predicted molar refractivity (Wildman–Crippen MR) is 228 cm³/mol. The monoisotopic (exact) mass is 813 g/mol. The summed E-state index contributed by atoms with van der Waals surface area (Å²) in [6, 6.07) is 0. The zero-order valence-corrected chi connectivity index (χ0v) is 36.3. The minimum atomic E-state index is -4.83. The van der Waals surface area contributed by atoms with Crippen molar-refractivity contribution in [3.05, 3.63) is 48.6 Å². The highest BCUT2D eigenvalue weighted by atomic mass is 31.2. The maximum Gasteiger partial charge on any atom is 0.469 e. The van der Waals surface area contributed by atoms with Gasteiger partial charge in [0.1, 0.15) is 6.61 Å². The summed E-state index contributed by atoms with van der Waals surface area (Å²) in [7, 11) is -4.83. The third-order valence-electron chi connectivity index (χ3n) is 9.47.